The zero-order valence-corrected chi connectivity index (χ0v) is 16.0. The number of methoxy groups -OCH3 is 1. The molecule has 0 spiro atoms. The highest BCUT2D eigenvalue weighted by Crippen LogP contribution is 2.26. The van der Waals surface area contributed by atoms with Crippen molar-refractivity contribution in [1.82, 2.24) is 15.5 Å². The van der Waals surface area contributed by atoms with Gasteiger partial charge in [-0.15, -0.1) is 0 Å². The predicted molar refractivity (Wildman–Crippen MR) is 101 cm³/mol. The average molecular weight is 379 g/mol. The van der Waals surface area contributed by atoms with Crippen LogP contribution >= 0.6 is 0 Å². The van der Waals surface area contributed by atoms with Gasteiger partial charge in [0.25, 0.3) is 5.91 Å². The van der Waals surface area contributed by atoms with E-state index >= 15 is 0 Å². The average Bonchev–Trinajstić information content (AvgIpc) is 2.68. The maximum Gasteiger partial charge on any atom is 0.256 e. The molecule has 3 N–H and O–H groups in total. The molecule has 1 atom stereocenters. The summed E-state index contributed by atoms with van der Waals surface area (Å²) in [4.78, 5) is 14.4. The van der Waals surface area contributed by atoms with Gasteiger partial charge >= 0.3 is 0 Å². The number of amides is 1. The highest BCUT2D eigenvalue weighted by molar-refractivity contribution is 5.86. The van der Waals surface area contributed by atoms with Gasteiger partial charge in [0.1, 0.15) is 11.6 Å². The van der Waals surface area contributed by atoms with Crippen molar-refractivity contribution >= 4 is 5.91 Å². The van der Waals surface area contributed by atoms with Crippen molar-refractivity contribution in [1.29, 1.82) is 0 Å². The van der Waals surface area contributed by atoms with E-state index in [-0.39, 0.29) is 24.8 Å². The Morgan fingerprint density at radius 1 is 1.41 bits per heavy atom. The molecule has 2 aliphatic rings. The predicted octanol–water partition coefficient (Wildman–Crippen LogP) is 1.28. The third-order valence-electron chi connectivity index (χ3n) is 5.63. The van der Waals surface area contributed by atoms with Gasteiger partial charge in [-0.1, -0.05) is 0 Å². The number of piperidine rings is 2. The summed E-state index contributed by atoms with van der Waals surface area (Å²) in [6.45, 7) is 3.75. The van der Waals surface area contributed by atoms with E-state index in [9.17, 15) is 14.3 Å². The number of ether oxygens (including phenoxy) is 1. The lowest BCUT2D eigenvalue weighted by Gasteiger charge is -2.38. The summed E-state index contributed by atoms with van der Waals surface area (Å²) in [5, 5.41) is 17.5. The van der Waals surface area contributed by atoms with Crippen LogP contribution in [-0.4, -0.2) is 61.3 Å². The Morgan fingerprint density at radius 3 is 2.93 bits per heavy atom. The number of nitrogens with one attached hydrogen (secondary N) is 2. The first-order valence-electron chi connectivity index (χ1n) is 9.77. The Kier molecular flexibility index (Phi) is 6.68. The number of carbonyl (C=O) groups excluding carboxylic acids is 1. The second-order valence-electron chi connectivity index (χ2n) is 7.64. The number of nitrogens with zero attached hydrogens (tertiary/aromatic N) is 1. The van der Waals surface area contributed by atoms with Crippen LogP contribution in [0.15, 0.2) is 18.2 Å². The quantitative estimate of drug-likeness (QED) is 0.666. The van der Waals surface area contributed by atoms with E-state index in [1.165, 1.54) is 13.2 Å². The van der Waals surface area contributed by atoms with E-state index < -0.39 is 5.60 Å². The van der Waals surface area contributed by atoms with Gasteiger partial charge in [0, 0.05) is 25.2 Å². The molecule has 27 heavy (non-hydrogen) atoms. The smallest absolute Gasteiger partial charge is 0.256 e. The molecule has 150 valence electrons. The van der Waals surface area contributed by atoms with Gasteiger partial charge in [0.15, 0.2) is 5.60 Å². The van der Waals surface area contributed by atoms with E-state index in [1.807, 2.05) is 0 Å². The lowest BCUT2D eigenvalue weighted by atomic mass is 9.90. The Labute approximate surface area is 160 Å². The van der Waals surface area contributed by atoms with Crippen LogP contribution in [0.3, 0.4) is 0 Å². The number of carbonyl (C=O) groups is 1. The zero-order valence-electron chi connectivity index (χ0n) is 16.0. The third-order valence-corrected chi connectivity index (χ3v) is 5.63. The Morgan fingerprint density at radius 2 is 2.19 bits per heavy atom. The molecule has 0 unspecified atom stereocenters. The lowest BCUT2D eigenvalue weighted by molar-refractivity contribution is -0.157. The number of aliphatic hydroxyl groups is 1. The largest absolute Gasteiger partial charge is 0.497 e. The molecule has 1 aromatic carbocycles. The lowest BCUT2D eigenvalue weighted by Crippen LogP contribution is -2.58. The number of rotatable bonds is 7. The van der Waals surface area contributed by atoms with Crippen LogP contribution in [0.2, 0.25) is 0 Å². The van der Waals surface area contributed by atoms with Gasteiger partial charge in [-0.2, -0.15) is 0 Å². The molecule has 0 bridgehead atoms. The van der Waals surface area contributed by atoms with Crippen molar-refractivity contribution < 1.29 is 19.0 Å². The minimum Gasteiger partial charge on any atom is -0.497 e. The van der Waals surface area contributed by atoms with E-state index in [1.54, 1.807) is 17.0 Å². The summed E-state index contributed by atoms with van der Waals surface area (Å²) in [6.07, 6.45) is 3.35. The fraction of sp³-hybridized carbons (Fsp3) is 0.650. The van der Waals surface area contributed by atoms with Crippen LogP contribution in [0.4, 0.5) is 4.39 Å². The molecule has 0 aliphatic carbocycles. The fourth-order valence-electron chi connectivity index (χ4n) is 3.95. The summed E-state index contributed by atoms with van der Waals surface area (Å²) in [6, 6.07) is 4.50. The molecule has 2 aliphatic heterocycles. The standard InChI is InChI=1S/C20H30FN3O3/c1-27-17-3-4-18(21)16(11-17)13-24-10-2-7-20(26,19(24)25)14-23-12-15-5-8-22-9-6-15/h3-4,11,15,22-23,26H,2,5-10,12-14H2,1H3/t20-/m0/s1. The monoisotopic (exact) mass is 379 g/mol. The van der Waals surface area contributed by atoms with Crippen LogP contribution < -0.4 is 15.4 Å². The van der Waals surface area contributed by atoms with Gasteiger partial charge in [0.05, 0.1) is 7.11 Å². The van der Waals surface area contributed by atoms with Crippen LogP contribution in [0.1, 0.15) is 31.2 Å². The minimum absolute atomic E-state index is 0.137. The fourth-order valence-corrected chi connectivity index (χ4v) is 3.95. The molecule has 3 rings (SSSR count). The molecule has 1 aromatic rings. The number of likely N-dealkylation sites (tertiary alicyclic amines) is 1. The third kappa shape index (κ3) is 4.97. The van der Waals surface area contributed by atoms with Gasteiger partial charge in [-0.25, -0.2) is 4.39 Å². The number of hydrogen-bond acceptors (Lipinski definition) is 5. The Hall–Kier alpha value is -1.70. The van der Waals surface area contributed by atoms with Crippen LogP contribution in [0.25, 0.3) is 0 Å². The van der Waals surface area contributed by atoms with Crippen molar-refractivity contribution in [3.63, 3.8) is 0 Å². The minimum atomic E-state index is -1.42. The summed E-state index contributed by atoms with van der Waals surface area (Å²) >= 11 is 0. The first kappa shape index (κ1) is 20.0. The van der Waals surface area contributed by atoms with E-state index in [0.717, 1.165) is 32.5 Å². The molecule has 7 heteroatoms. The van der Waals surface area contributed by atoms with Crippen molar-refractivity contribution in [3.8, 4) is 5.75 Å². The van der Waals surface area contributed by atoms with E-state index in [4.69, 9.17) is 4.74 Å². The van der Waals surface area contributed by atoms with Crippen molar-refractivity contribution in [2.45, 2.75) is 37.8 Å². The van der Waals surface area contributed by atoms with Gasteiger partial charge in [-0.05, 0) is 69.4 Å². The van der Waals surface area contributed by atoms with Gasteiger partial charge in [-0.3, -0.25) is 4.79 Å². The van der Waals surface area contributed by atoms with E-state index in [0.29, 0.717) is 36.6 Å². The second-order valence-corrected chi connectivity index (χ2v) is 7.64. The van der Waals surface area contributed by atoms with Gasteiger partial charge < -0.3 is 25.4 Å². The molecular weight excluding hydrogens is 349 g/mol. The normalized spacial score (nSPS) is 24.3. The topological polar surface area (TPSA) is 73.8 Å². The Bertz CT molecular complexity index is 651. The molecule has 2 saturated heterocycles. The first-order valence-corrected chi connectivity index (χ1v) is 9.77. The summed E-state index contributed by atoms with van der Waals surface area (Å²) in [5.41, 5.74) is -1.02. The number of benzene rings is 1. The van der Waals surface area contributed by atoms with E-state index in [2.05, 4.69) is 10.6 Å². The molecule has 2 heterocycles. The molecule has 0 radical (unpaired) electrons. The molecule has 0 saturated carbocycles. The van der Waals surface area contributed by atoms with Crippen molar-refractivity contribution in [3.05, 3.63) is 29.6 Å². The SMILES string of the molecule is COc1ccc(F)c(CN2CCC[C@](O)(CNCC3CCNCC3)C2=O)c1. The second kappa shape index (κ2) is 8.99. The number of halogens is 1. The molecule has 0 aromatic heterocycles. The highest BCUT2D eigenvalue weighted by atomic mass is 19.1. The zero-order chi connectivity index (χ0) is 19.3. The summed E-state index contributed by atoms with van der Waals surface area (Å²) in [5.74, 6) is 0.431. The molecule has 2 fully saturated rings. The first-order chi connectivity index (χ1) is 13.0. The van der Waals surface area contributed by atoms with Crippen molar-refractivity contribution in [2.75, 3.05) is 39.8 Å². The molecular formula is C20H30FN3O3. The van der Waals surface area contributed by atoms with Crippen LogP contribution in [0, 0.1) is 11.7 Å². The molecule has 6 nitrogen and oxygen atoms in total. The summed E-state index contributed by atoms with van der Waals surface area (Å²) < 4.78 is 19.3. The number of hydrogen-bond donors (Lipinski definition) is 3. The maximum atomic E-state index is 14.1. The van der Waals surface area contributed by atoms with Crippen LogP contribution in [0.5, 0.6) is 5.75 Å². The van der Waals surface area contributed by atoms with Gasteiger partial charge in [0.2, 0.25) is 0 Å². The van der Waals surface area contributed by atoms with Crippen LogP contribution in [-0.2, 0) is 11.3 Å². The Balaban J connectivity index is 1.59. The highest BCUT2D eigenvalue weighted by Gasteiger charge is 2.42. The summed E-state index contributed by atoms with van der Waals surface area (Å²) in [7, 11) is 1.52. The maximum absolute atomic E-state index is 14.1. The molecule has 1 amide bonds. The van der Waals surface area contributed by atoms with Crippen molar-refractivity contribution in [2.24, 2.45) is 5.92 Å².